The molecule has 0 spiro atoms. The summed E-state index contributed by atoms with van der Waals surface area (Å²) < 4.78 is 2.49. The molecule has 4 nitrogen and oxygen atoms in total. The Morgan fingerprint density at radius 1 is 0.353 bits per heavy atom. The Morgan fingerprint density at radius 3 is 1.27 bits per heavy atom. The summed E-state index contributed by atoms with van der Waals surface area (Å²) in [7, 11) is 0. The molecule has 0 aliphatic carbocycles. The van der Waals surface area contributed by atoms with Crippen molar-refractivity contribution in [1.82, 2.24) is 9.97 Å². The maximum Gasteiger partial charge on any atom is 0.252 e. The molecule has 0 saturated heterocycles. The summed E-state index contributed by atoms with van der Waals surface area (Å²) in [5.41, 5.74) is 27.3. The lowest BCUT2D eigenvalue weighted by atomic mass is 9.33. The van der Waals surface area contributed by atoms with Crippen molar-refractivity contribution in [2.75, 3.05) is 9.80 Å². The molecule has 0 saturated carbocycles. The molecular weight excluding hydrogens is 1260 g/mol. The fourth-order valence-electron chi connectivity index (χ4n) is 12.7. The van der Waals surface area contributed by atoms with Crippen LogP contribution in [-0.2, 0) is 12.8 Å². The average Bonchev–Trinajstić information content (AvgIpc) is 0.797. The zero-order chi connectivity index (χ0) is 57.4. The number of fused-ring (bicyclic) bond motifs is 4. The van der Waals surface area contributed by atoms with Crippen molar-refractivity contribution in [1.29, 1.82) is 0 Å². The maximum absolute atomic E-state index is 5.74. The van der Waals surface area contributed by atoms with Crippen LogP contribution in [0.3, 0.4) is 0 Å². The minimum absolute atomic E-state index is 0.123. The lowest BCUT2D eigenvalue weighted by Gasteiger charge is -2.44. The molecule has 0 N–H and O–H groups in total. The van der Waals surface area contributed by atoms with Gasteiger partial charge >= 0.3 is 0 Å². The Bertz CT molecular complexity index is 4200. The van der Waals surface area contributed by atoms with Crippen LogP contribution in [0, 0.1) is 7.14 Å². The van der Waals surface area contributed by atoms with Crippen LogP contribution in [0.5, 0.6) is 0 Å². The first-order valence-corrected chi connectivity index (χ1v) is 32.0. The monoisotopic (exact) mass is 1320 g/mol. The van der Waals surface area contributed by atoms with Crippen LogP contribution in [0.2, 0.25) is 0 Å². The van der Waals surface area contributed by atoms with Gasteiger partial charge < -0.3 is 9.80 Å². The molecule has 0 radical (unpaired) electrons. The summed E-state index contributed by atoms with van der Waals surface area (Å²) in [5.74, 6) is 0.678. The molecule has 2 aliphatic rings. The third-order valence-electron chi connectivity index (χ3n) is 16.9. The van der Waals surface area contributed by atoms with Crippen LogP contribution in [0.4, 0.5) is 34.1 Å². The minimum Gasteiger partial charge on any atom is -0.311 e. The van der Waals surface area contributed by atoms with Crippen LogP contribution in [-0.4, -0.2) is 16.7 Å². The van der Waals surface area contributed by atoms with Gasteiger partial charge in [0, 0.05) is 58.0 Å². The summed E-state index contributed by atoms with van der Waals surface area (Å²) in [6.07, 6.45) is 6.56. The average molecular weight is 1320 g/mol. The van der Waals surface area contributed by atoms with E-state index in [-0.39, 0.29) is 6.71 Å². The van der Waals surface area contributed by atoms with Crippen molar-refractivity contribution in [2.24, 2.45) is 0 Å². The number of aryl methyl sites for hydroxylation is 2. The second-order valence-electron chi connectivity index (χ2n) is 22.5. The smallest absolute Gasteiger partial charge is 0.252 e. The van der Waals surface area contributed by atoms with Crippen LogP contribution in [0.25, 0.3) is 78.4 Å². The fraction of sp³-hybridized carbons (Fsp3) is 0.103. The molecule has 410 valence electrons. The second kappa shape index (κ2) is 23.9. The molecule has 85 heavy (non-hydrogen) atoms. The highest BCUT2D eigenvalue weighted by atomic mass is 127. The van der Waals surface area contributed by atoms with E-state index < -0.39 is 0 Å². The van der Waals surface area contributed by atoms with E-state index in [1.165, 1.54) is 68.0 Å². The van der Waals surface area contributed by atoms with Gasteiger partial charge in [0.2, 0.25) is 0 Å². The molecule has 0 atom stereocenters. The van der Waals surface area contributed by atoms with Gasteiger partial charge in [-0.1, -0.05) is 203 Å². The van der Waals surface area contributed by atoms with E-state index >= 15 is 0 Å². The lowest BCUT2D eigenvalue weighted by Crippen LogP contribution is -2.61. The summed E-state index contributed by atoms with van der Waals surface area (Å²) in [6, 6.07) is 96.6. The predicted molar refractivity (Wildman–Crippen MR) is 377 cm³/mol. The zero-order valence-corrected chi connectivity index (χ0v) is 52.0. The van der Waals surface area contributed by atoms with Gasteiger partial charge in [0.15, 0.2) is 5.82 Å². The van der Waals surface area contributed by atoms with E-state index in [1.54, 1.807) is 0 Å². The SMILES string of the molecule is CCCCc1cc(I)cc(-c2cc(-c3ccc(I)c(CCCC)c3)nc(-c3cc4c5c(c3)N(c3ccc(-c6ccccc6)cc3)c3cc(-c6ccccc6)ccc3B5c3ccc(-c5ccccc5)cc3N4c3ccc(-c4ccccc4)cc3)n2)c1. The molecular formula is C78H61BI2N4. The number of halogens is 2. The Hall–Kier alpha value is -8.38. The molecule has 0 fully saturated rings. The number of aromatic nitrogens is 2. The van der Waals surface area contributed by atoms with E-state index in [0.717, 1.165) is 112 Å². The molecule has 3 heterocycles. The van der Waals surface area contributed by atoms with Crippen molar-refractivity contribution < 1.29 is 0 Å². The van der Waals surface area contributed by atoms with Crippen molar-refractivity contribution in [2.45, 2.75) is 52.4 Å². The standard InChI is InChI=1S/C78H61BI2N4/c1-3-5-19-52-43-63(46-65(80)44-52)72-51-71(62-35-42-70(81)61(45-62)20-6-4-2)82-78(83-72)64-49-75-77-76(50-64)85(67-38-31-58(32-39-67)54-23-13-8-14-24-54)74-48-60(56-27-17-10-18-28-56)34-41-69(74)79(77)68-40-33-59(55-25-15-9-16-26-55)47-73(68)84(75)66-36-29-57(30-37-66)53-21-11-7-12-22-53/h7-18,21-51H,3-6,19-20H2,1-2H3. The minimum atomic E-state index is -0.123. The second-order valence-corrected chi connectivity index (χ2v) is 24.9. The van der Waals surface area contributed by atoms with Gasteiger partial charge in [-0.3, -0.25) is 0 Å². The number of rotatable bonds is 15. The molecule has 7 heteroatoms. The first-order valence-electron chi connectivity index (χ1n) is 29.8. The Kier molecular flexibility index (Phi) is 15.4. The van der Waals surface area contributed by atoms with Gasteiger partial charge in [-0.05, 0) is 228 Å². The van der Waals surface area contributed by atoms with Gasteiger partial charge in [-0.2, -0.15) is 0 Å². The number of benzene rings is 11. The maximum atomic E-state index is 5.74. The van der Waals surface area contributed by atoms with Crippen LogP contribution < -0.4 is 26.2 Å². The third kappa shape index (κ3) is 10.8. The Morgan fingerprint density at radius 2 is 0.776 bits per heavy atom. The fourth-order valence-corrected chi connectivity index (χ4v) is 14.0. The van der Waals surface area contributed by atoms with Crippen molar-refractivity contribution in [3.8, 4) is 78.4 Å². The predicted octanol–water partition coefficient (Wildman–Crippen LogP) is 20.1. The van der Waals surface area contributed by atoms with Crippen molar-refractivity contribution in [3.63, 3.8) is 0 Å². The molecule has 11 aromatic carbocycles. The highest BCUT2D eigenvalue weighted by Gasteiger charge is 2.44. The van der Waals surface area contributed by atoms with Gasteiger partial charge in [0.25, 0.3) is 6.71 Å². The first kappa shape index (κ1) is 54.6. The third-order valence-corrected chi connectivity index (χ3v) is 18.6. The zero-order valence-electron chi connectivity index (χ0n) is 47.7. The van der Waals surface area contributed by atoms with Crippen LogP contribution in [0.1, 0.15) is 50.7 Å². The Labute approximate surface area is 527 Å². The first-order chi connectivity index (χ1) is 41.8. The molecule has 2 aliphatic heterocycles. The summed E-state index contributed by atoms with van der Waals surface area (Å²) in [5, 5.41) is 0. The van der Waals surface area contributed by atoms with E-state index in [9.17, 15) is 0 Å². The molecule has 0 bridgehead atoms. The van der Waals surface area contributed by atoms with Crippen molar-refractivity contribution in [3.05, 3.63) is 279 Å². The molecule has 12 aromatic rings. The van der Waals surface area contributed by atoms with Crippen molar-refractivity contribution >= 4 is 102 Å². The highest BCUT2D eigenvalue weighted by Crippen LogP contribution is 2.48. The summed E-state index contributed by atoms with van der Waals surface area (Å²) >= 11 is 5.01. The van der Waals surface area contributed by atoms with Crippen LogP contribution >= 0.6 is 45.2 Å². The quantitative estimate of drug-likeness (QED) is 0.0756. The van der Waals surface area contributed by atoms with E-state index in [1.807, 2.05) is 0 Å². The van der Waals surface area contributed by atoms with Gasteiger partial charge in [0.1, 0.15) is 0 Å². The molecule has 14 rings (SSSR count). The van der Waals surface area contributed by atoms with E-state index in [0.29, 0.717) is 5.82 Å². The summed E-state index contributed by atoms with van der Waals surface area (Å²) in [6.45, 7) is 4.42. The topological polar surface area (TPSA) is 32.3 Å². The number of hydrogen-bond donors (Lipinski definition) is 0. The number of hydrogen-bond acceptors (Lipinski definition) is 4. The largest absolute Gasteiger partial charge is 0.311 e. The molecule has 0 amide bonds. The van der Waals surface area contributed by atoms with Crippen LogP contribution in [0.15, 0.2) is 261 Å². The highest BCUT2D eigenvalue weighted by molar-refractivity contribution is 14.1. The Balaban J connectivity index is 1.07. The van der Waals surface area contributed by atoms with Gasteiger partial charge in [0.05, 0.1) is 11.4 Å². The lowest BCUT2D eigenvalue weighted by molar-refractivity contribution is 0.792. The normalized spacial score (nSPS) is 12.2. The summed E-state index contributed by atoms with van der Waals surface area (Å²) in [4.78, 5) is 16.5. The number of anilines is 6. The van der Waals surface area contributed by atoms with E-state index in [2.05, 4.69) is 330 Å². The molecule has 1 aromatic heterocycles. The van der Waals surface area contributed by atoms with E-state index in [4.69, 9.17) is 9.97 Å². The van der Waals surface area contributed by atoms with Gasteiger partial charge in [-0.15, -0.1) is 0 Å². The number of unbranched alkanes of at least 4 members (excludes halogenated alkanes) is 2. The van der Waals surface area contributed by atoms with Gasteiger partial charge in [-0.25, -0.2) is 9.97 Å². The number of nitrogens with zero attached hydrogens (tertiary/aromatic N) is 4. The molecule has 0 unspecified atom stereocenters.